The first-order chi connectivity index (χ1) is 15.2. The number of phenolic OH excluding ortho intramolecular Hbond substituents is 2. The Kier molecular flexibility index (Phi) is 4.58. The van der Waals surface area contributed by atoms with Gasteiger partial charge in [-0.2, -0.15) is 0 Å². The summed E-state index contributed by atoms with van der Waals surface area (Å²) in [7, 11) is 0. The van der Waals surface area contributed by atoms with Crippen LogP contribution in [0, 0.1) is 34.5 Å². The highest BCUT2D eigenvalue weighted by Crippen LogP contribution is 2.74. The summed E-state index contributed by atoms with van der Waals surface area (Å²) < 4.78 is 0. The lowest BCUT2D eigenvalue weighted by Gasteiger charge is -2.70. The van der Waals surface area contributed by atoms with E-state index >= 15 is 0 Å². The van der Waals surface area contributed by atoms with E-state index in [4.69, 9.17) is 5.73 Å². The van der Waals surface area contributed by atoms with Crippen LogP contribution in [0.2, 0.25) is 0 Å². The summed E-state index contributed by atoms with van der Waals surface area (Å²) in [5.41, 5.74) is 12.7. The van der Waals surface area contributed by atoms with Crippen molar-refractivity contribution in [1.82, 2.24) is 0 Å². The molecule has 3 saturated carbocycles. The Morgan fingerprint density at radius 2 is 1.67 bits per heavy atom. The van der Waals surface area contributed by atoms with Gasteiger partial charge < -0.3 is 15.9 Å². The topological polar surface area (TPSA) is 66.5 Å². The van der Waals surface area contributed by atoms with Gasteiger partial charge in [0.1, 0.15) is 0 Å². The SMILES string of the molecule is C=C(N)[C@]1(C)CC[C@]2(C)CC[C@]3(C)C4=CCc5c(cc(O)c(O)c5C)[C@]4(C)CC[C@@]3(C)[C@@H]2C1. The largest absolute Gasteiger partial charge is 0.504 e. The van der Waals surface area contributed by atoms with Crippen molar-refractivity contribution in [2.24, 2.45) is 33.3 Å². The molecular weight excluding hydrogens is 406 g/mol. The van der Waals surface area contributed by atoms with Crippen LogP contribution in [-0.2, 0) is 11.8 Å². The molecule has 0 aliphatic heterocycles. The number of aromatic hydroxyl groups is 2. The Labute approximate surface area is 200 Å². The number of hydrogen-bond acceptors (Lipinski definition) is 3. The smallest absolute Gasteiger partial charge is 0.160 e. The number of fused-ring (bicyclic) bond motifs is 7. The molecule has 5 rings (SSSR count). The molecule has 3 fully saturated rings. The maximum Gasteiger partial charge on any atom is 0.160 e. The summed E-state index contributed by atoms with van der Waals surface area (Å²) in [5.74, 6) is 0.676. The maximum atomic E-state index is 10.5. The van der Waals surface area contributed by atoms with Crippen LogP contribution in [0.15, 0.2) is 30.0 Å². The van der Waals surface area contributed by atoms with Crippen LogP contribution in [-0.4, -0.2) is 10.2 Å². The van der Waals surface area contributed by atoms with Gasteiger partial charge in [-0.05, 0) is 103 Å². The molecule has 33 heavy (non-hydrogen) atoms. The first kappa shape index (κ1) is 22.9. The Hall–Kier alpha value is -1.90. The van der Waals surface area contributed by atoms with Crippen molar-refractivity contribution in [3.05, 3.63) is 46.7 Å². The fraction of sp³-hybridized carbons (Fsp3) is 0.667. The second-order valence-electron chi connectivity index (χ2n) is 13.3. The first-order valence-electron chi connectivity index (χ1n) is 12.9. The molecule has 0 spiro atoms. The van der Waals surface area contributed by atoms with Crippen LogP contribution < -0.4 is 5.73 Å². The predicted octanol–water partition coefficient (Wildman–Crippen LogP) is 7.03. The first-order valence-corrected chi connectivity index (χ1v) is 12.9. The summed E-state index contributed by atoms with van der Waals surface area (Å²) in [6.07, 6.45) is 11.6. The van der Waals surface area contributed by atoms with Crippen LogP contribution in [0.5, 0.6) is 11.5 Å². The Morgan fingerprint density at radius 3 is 2.33 bits per heavy atom. The summed E-state index contributed by atoms with van der Waals surface area (Å²) in [6, 6.07) is 1.86. The average molecular weight is 450 g/mol. The number of allylic oxidation sites excluding steroid dienone is 3. The van der Waals surface area contributed by atoms with Gasteiger partial charge in [0.2, 0.25) is 0 Å². The van der Waals surface area contributed by atoms with E-state index in [9.17, 15) is 10.2 Å². The fourth-order valence-corrected chi connectivity index (χ4v) is 8.99. The molecule has 0 saturated heterocycles. The van der Waals surface area contributed by atoms with Crippen molar-refractivity contribution < 1.29 is 10.2 Å². The highest BCUT2D eigenvalue weighted by atomic mass is 16.3. The molecule has 4 aliphatic rings. The summed E-state index contributed by atoms with van der Waals surface area (Å²) in [5, 5.41) is 20.9. The summed E-state index contributed by atoms with van der Waals surface area (Å²) in [6.45, 7) is 18.5. The van der Waals surface area contributed by atoms with Crippen molar-refractivity contribution in [3.63, 3.8) is 0 Å². The summed E-state index contributed by atoms with van der Waals surface area (Å²) >= 11 is 0. The summed E-state index contributed by atoms with van der Waals surface area (Å²) in [4.78, 5) is 0. The second-order valence-corrected chi connectivity index (χ2v) is 13.3. The molecule has 0 aromatic heterocycles. The third-order valence-corrected chi connectivity index (χ3v) is 11.8. The monoisotopic (exact) mass is 449 g/mol. The lowest BCUT2D eigenvalue weighted by atomic mass is 9.34. The zero-order valence-corrected chi connectivity index (χ0v) is 21.6. The maximum absolute atomic E-state index is 10.5. The normalized spacial score (nSPS) is 44.1. The molecule has 0 amide bonds. The van der Waals surface area contributed by atoms with Crippen LogP contribution in [0.4, 0.5) is 0 Å². The standard InChI is InChI=1S/C30H43NO2/c1-18-20-8-9-23-28(5,21(20)16-22(32)25(18)33)13-15-30(7)24-17-27(4,19(2)31)11-10-26(24,3)12-14-29(23,30)6/h9,16,24,32-33H,2,8,10-15,17,31H2,1,3-7H3/t24-,26-,27-,28+,29-,30+/m1/s1. The molecule has 4 N–H and O–H groups in total. The third kappa shape index (κ3) is 2.68. The van der Waals surface area contributed by atoms with Gasteiger partial charge >= 0.3 is 0 Å². The lowest BCUT2D eigenvalue weighted by molar-refractivity contribution is -0.154. The second kappa shape index (κ2) is 6.61. The number of benzene rings is 1. The number of hydrogen-bond donors (Lipinski definition) is 3. The van der Waals surface area contributed by atoms with Gasteiger partial charge in [-0.1, -0.05) is 52.8 Å². The highest BCUT2D eigenvalue weighted by Gasteiger charge is 2.66. The van der Waals surface area contributed by atoms with Crippen molar-refractivity contribution in [1.29, 1.82) is 0 Å². The van der Waals surface area contributed by atoms with Gasteiger partial charge in [0.25, 0.3) is 0 Å². The van der Waals surface area contributed by atoms with Gasteiger partial charge in [0.15, 0.2) is 11.5 Å². The minimum atomic E-state index is -0.0963. The van der Waals surface area contributed by atoms with E-state index in [0.717, 1.165) is 36.9 Å². The van der Waals surface area contributed by atoms with Crippen LogP contribution in [0.3, 0.4) is 0 Å². The van der Waals surface area contributed by atoms with Gasteiger partial charge in [-0.3, -0.25) is 0 Å². The molecule has 4 aliphatic carbocycles. The minimum absolute atomic E-state index is 0.0212. The molecule has 180 valence electrons. The van der Waals surface area contributed by atoms with Crippen molar-refractivity contribution in [2.45, 2.75) is 98.3 Å². The Balaban J connectivity index is 1.63. The molecular formula is C30H43NO2. The molecule has 1 aromatic carbocycles. The van der Waals surface area contributed by atoms with Crippen LogP contribution in [0.1, 0.15) is 96.3 Å². The van der Waals surface area contributed by atoms with E-state index in [2.05, 4.69) is 47.3 Å². The van der Waals surface area contributed by atoms with Crippen LogP contribution in [0.25, 0.3) is 0 Å². The van der Waals surface area contributed by atoms with Crippen molar-refractivity contribution in [2.75, 3.05) is 0 Å². The van der Waals surface area contributed by atoms with Gasteiger partial charge in [-0.25, -0.2) is 0 Å². The number of phenols is 2. The molecule has 0 heterocycles. The molecule has 0 bridgehead atoms. The Morgan fingerprint density at radius 1 is 1.00 bits per heavy atom. The quantitative estimate of drug-likeness (QED) is 0.318. The number of nitrogens with two attached hydrogens (primary N) is 1. The highest BCUT2D eigenvalue weighted by molar-refractivity contribution is 5.60. The predicted molar refractivity (Wildman–Crippen MR) is 135 cm³/mol. The van der Waals surface area contributed by atoms with Crippen molar-refractivity contribution in [3.8, 4) is 11.5 Å². The van der Waals surface area contributed by atoms with E-state index in [1.165, 1.54) is 36.8 Å². The van der Waals surface area contributed by atoms with E-state index in [-0.39, 0.29) is 33.2 Å². The molecule has 0 radical (unpaired) electrons. The van der Waals surface area contributed by atoms with Crippen LogP contribution >= 0.6 is 0 Å². The molecule has 3 nitrogen and oxygen atoms in total. The zero-order chi connectivity index (χ0) is 24.2. The van der Waals surface area contributed by atoms with E-state index < -0.39 is 0 Å². The Bertz CT molecular complexity index is 1090. The van der Waals surface area contributed by atoms with Gasteiger partial charge in [0.05, 0.1) is 0 Å². The van der Waals surface area contributed by atoms with Gasteiger partial charge in [0, 0.05) is 16.5 Å². The molecule has 1 aromatic rings. The average Bonchev–Trinajstić information content (AvgIpc) is 2.75. The third-order valence-electron chi connectivity index (χ3n) is 11.8. The molecule has 0 unspecified atom stereocenters. The fourth-order valence-electron chi connectivity index (χ4n) is 8.99. The number of rotatable bonds is 1. The molecule has 3 heteroatoms. The van der Waals surface area contributed by atoms with Crippen molar-refractivity contribution >= 4 is 0 Å². The van der Waals surface area contributed by atoms with E-state index in [1.807, 2.05) is 13.0 Å². The van der Waals surface area contributed by atoms with E-state index in [1.54, 1.807) is 5.57 Å². The van der Waals surface area contributed by atoms with Gasteiger partial charge in [-0.15, -0.1) is 0 Å². The lowest BCUT2D eigenvalue weighted by Crippen LogP contribution is -2.62. The van der Waals surface area contributed by atoms with E-state index in [0.29, 0.717) is 11.3 Å². The zero-order valence-electron chi connectivity index (χ0n) is 21.6. The minimum Gasteiger partial charge on any atom is -0.504 e. The molecule has 6 atom stereocenters.